The van der Waals surface area contributed by atoms with Gasteiger partial charge in [-0.05, 0) is 48.2 Å². The van der Waals surface area contributed by atoms with Gasteiger partial charge in [-0.2, -0.15) is 4.98 Å². The molecule has 4 nitrogen and oxygen atoms in total. The lowest BCUT2D eigenvalue weighted by atomic mass is 10.00. The van der Waals surface area contributed by atoms with Crippen LogP contribution in [0.15, 0.2) is 59.2 Å². The molecule has 0 spiro atoms. The number of halogens is 1. The van der Waals surface area contributed by atoms with Gasteiger partial charge in [-0.1, -0.05) is 46.3 Å². The molecule has 126 valence electrons. The Morgan fingerprint density at radius 1 is 1.08 bits per heavy atom. The number of hydrogen-bond acceptors (Lipinski definition) is 4. The molecule has 4 rings (SSSR count). The van der Waals surface area contributed by atoms with E-state index in [4.69, 9.17) is 4.98 Å². The highest BCUT2D eigenvalue weighted by atomic mass is 79.9. The number of aromatic nitrogens is 2. The second-order valence-electron chi connectivity index (χ2n) is 6.27. The van der Waals surface area contributed by atoms with Crippen molar-refractivity contribution in [2.45, 2.75) is 19.9 Å². The monoisotopic (exact) mass is 394 g/mol. The van der Waals surface area contributed by atoms with Gasteiger partial charge in [0.2, 0.25) is 5.95 Å². The van der Waals surface area contributed by atoms with E-state index in [0.717, 1.165) is 35.5 Å². The molecule has 0 fully saturated rings. The van der Waals surface area contributed by atoms with Gasteiger partial charge in [0.15, 0.2) is 0 Å². The van der Waals surface area contributed by atoms with E-state index in [1.165, 1.54) is 16.7 Å². The van der Waals surface area contributed by atoms with Crippen LogP contribution in [0.25, 0.3) is 0 Å². The Morgan fingerprint density at radius 3 is 2.76 bits per heavy atom. The van der Waals surface area contributed by atoms with Crippen molar-refractivity contribution in [3.05, 3.63) is 75.9 Å². The maximum absolute atomic E-state index is 4.71. The quantitative estimate of drug-likeness (QED) is 0.688. The molecule has 1 aliphatic heterocycles. The van der Waals surface area contributed by atoms with Crippen molar-refractivity contribution in [3.8, 4) is 0 Å². The molecule has 0 aliphatic carbocycles. The fraction of sp³-hybridized carbons (Fsp3) is 0.200. The molecule has 0 unspecified atom stereocenters. The lowest BCUT2D eigenvalue weighted by Gasteiger charge is -2.29. The average molecular weight is 395 g/mol. The Bertz CT molecular complexity index is 910. The Labute approximate surface area is 156 Å². The molecule has 0 radical (unpaired) electrons. The van der Waals surface area contributed by atoms with E-state index < -0.39 is 0 Å². The molecule has 0 saturated carbocycles. The number of rotatable bonds is 3. The predicted octanol–water partition coefficient (Wildman–Crippen LogP) is 4.85. The van der Waals surface area contributed by atoms with Gasteiger partial charge in [-0.25, -0.2) is 4.98 Å². The summed E-state index contributed by atoms with van der Waals surface area (Å²) in [6.07, 6.45) is 2.86. The van der Waals surface area contributed by atoms with Gasteiger partial charge in [0.25, 0.3) is 0 Å². The number of aryl methyl sites for hydroxylation is 1. The molecular weight excluding hydrogens is 376 g/mol. The van der Waals surface area contributed by atoms with Crippen LogP contribution >= 0.6 is 15.9 Å². The summed E-state index contributed by atoms with van der Waals surface area (Å²) in [4.78, 5) is 11.4. The Balaban J connectivity index is 1.55. The van der Waals surface area contributed by atoms with Crippen molar-refractivity contribution in [2.24, 2.45) is 0 Å². The Hall–Kier alpha value is -2.40. The van der Waals surface area contributed by atoms with Gasteiger partial charge in [0.05, 0.1) is 0 Å². The molecular formula is C20H19BrN4. The SMILES string of the molecule is Cc1ccc(Nc2nccc(N3CCc4ccccc4C3)n2)cc1Br. The number of fused-ring (bicyclic) bond motifs is 1. The van der Waals surface area contributed by atoms with Crippen LogP contribution in [-0.4, -0.2) is 16.5 Å². The van der Waals surface area contributed by atoms with E-state index >= 15 is 0 Å². The third kappa shape index (κ3) is 3.51. The van der Waals surface area contributed by atoms with E-state index in [1.807, 2.05) is 24.4 Å². The van der Waals surface area contributed by atoms with Gasteiger partial charge in [0, 0.05) is 29.4 Å². The first-order valence-corrected chi connectivity index (χ1v) is 9.16. The van der Waals surface area contributed by atoms with Crippen molar-refractivity contribution >= 4 is 33.4 Å². The highest BCUT2D eigenvalue weighted by Crippen LogP contribution is 2.25. The second-order valence-corrected chi connectivity index (χ2v) is 7.12. The zero-order chi connectivity index (χ0) is 17.2. The molecule has 0 bridgehead atoms. The minimum Gasteiger partial charge on any atom is -0.352 e. The smallest absolute Gasteiger partial charge is 0.229 e. The van der Waals surface area contributed by atoms with Gasteiger partial charge in [0.1, 0.15) is 5.82 Å². The van der Waals surface area contributed by atoms with Crippen molar-refractivity contribution in [2.75, 3.05) is 16.8 Å². The second kappa shape index (κ2) is 6.84. The largest absolute Gasteiger partial charge is 0.352 e. The average Bonchev–Trinajstić information content (AvgIpc) is 2.65. The fourth-order valence-corrected chi connectivity index (χ4v) is 3.46. The summed E-state index contributed by atoms with van der Waals surface area (Å²) in [5.41, 5.74) is 4.99. The molecule has 5 heteroatoms. The summed E-state index contributed by atoms with van der Waals surface area (Å²) >= 11 is 3.56. The molecule has 0 saturated heterocycles. The minimum absolute atomic E-state index is 0.618. The zero-order valence-corrected chi connectivity index (χ0v) is 15.6. The molecule has 1 aliphatic rings. The maximum Gasteiger partial charge on any atom is 0.229 e. The van der Waals surface area contributed by atoms with E-state index in [9.17, 15) is 0 Å². The third-order valence-corrected chi connectivity index (χ3v) is 5.38. The summed E-state index contributed by atoms with van der Waals surface area (Å²) in [5.74, 6) is 1.57. The van der Waals surface area contributed by atoms with Crippen LogP contribution in [-0.2, 0) is 13.0 Å². The number of nitrogens with one attached hydrogen (secondary N) is 1. The molecule has 0 atom stereocenters. The summed E-state index contributed by atoms with van der Waals surface area (Å²) in [6.45, 7) is 3.94. The van der Waals surface area contributed by atoms with Crippen molar-refractivity contribution in [3.63, 3.8) is 0 Å². The van der Waals surface area contributed by atoms with Crippen LogP contribution in [0.4, 0.5) is 17.5 Å². The molecule has 1 aromatic heterocycles. The van der Waals surface area contributed by atoms with Crippen molar-refractivity contribution < 1.29 is 0 Å². The van der Waals surface area contributed by atoms with E-state index in [2.05, 4.69) is 68.4 Å². The van der Waals surface area contributed by atoms with E-state index in [-0.39, 0.29) is 0 Å². The summed E-state index contributed by atoms with van der Waals surface area (Å²) in [5, 5.41) is 3.29. The third-order valence-electron chi connectivity index (χ3n) is 4.52. The molecule has 0 amide bonds. The zero-order valence-electron chi connectivity index (χ0n) is 14.0. The van der Waals surface area contributed by atoms with Crippen LogP contribution < -0.4 is 10.2 Å². The molecule has 3 aromatic rings. The van der Waals surface area contributed by atoms with Crippen LogP contribution in [0.1, 0.15) is 16.7 Å². The highest BCUT2D eigenvalue weighted by Gasteiger charge is 2.17. The van der Waals surface area contributed by atoms with Gasteiger partial charge in [-0.3, -0.25) is 0 Å². The van der Waals surface area contributed by atoms with Crippen LogP contribution in [0.5, 0.6) is 0 Å². The highest BCUT2D eigenvalue weighted by molar-refractivity contribution is 9.10. The van der Waals surface area contributed by atoms with E-state index in [1.54, 1.807) is 0 Å². The number of anilines is 3. The summed E-state index contributed by atoms with van der Waals surface area (Å²) in [7, 11) is 0. The topological polar surface area (TPSA) is 41.1 Å². The molecule has 1 N–H and O–H groups in total. The lowest BCUT2D eigenvalue weighted by Crippen LogP contribution is -2.31. The standard InChI is InChI=1S/C20H19BrN4/c1-14-6-7-17(12-18(14)21)23-20-22-10-8-19(24-20)25-11-9-15-4-2-3-5-16(15)13-25/h2-8,10,12H,9,11,13H2,1H3,(H,22,23,24). The molecule has 2 aromatic carbocycles. The number of nitrogens with zero attached hydrogens (tertiary/aromatic N) is 3. The Morgan fingerprint density at radius 2 is 1.92 bits per heavy atom. The summed E-state index contributed by atoms with van der Waals surface area (Å²) in [6, 6.07) is 16.8. The van der Waals surface area contributed by atoms with Crippen LogP contribution in [0, 0.1) is 6.92 Å². The van der Waals surface area contributed by atoms with Crippen LogP contribution in [0.3, 0.4) is 0 Å². The van der Waals surface area contributed by atoms with Gasteiger partial charge >= 0.3 is 0 Å². The number of hydrogen-bond donors (Lipinski definition) is 1. The lowest BCUT2D eigenvalue weighted by molar-refractivity contribution is 0.720. The molecule has 2 heterocycles. The predicted molar refractivity (Wildman–Crippen MR) is 105 cm³/mol. The summed E-state index contributed by atoms with van der Waals surface area (Å²) < 4.78 is 1.07. The normalized spacial score (nSPS) is 13.4. The van der Waals surface area contributed by atoms with Crippen LogP contribution in [0.2, 0.25) is 0 Å². The van der Waals surface area contributed by atoms with Crippen molar-refractivity contribution in [1.29, 1.82) is 0 Å². The minimum atomic E-state index is 0.618. The first-order valence-electron chi connectivity index (χ1n) is 8.37. The van der Waals surface area contributed by atoms with Gasteiger partial charge < -0.3 is 10.2 Å². The maximum atomic E-state index is 4.71. The Kier molecular flexibility index (Phi) is 4.40. The fourth-order valence-electron chi connectivity index (χ4n) is 3.08. The number of benzene rings is 2. The first-order chi connectivity index (χ1) is 12.2. The van der Waals surface area contributed by atoms with E-state index in [0.29, 0.717) is 5.95 Å². The first kappa shape index (κ1) is 16.1. The van der Waals surface area contributed by atoms with Gasteiger partial charge in [-0.15, -0.1) is 0 Å². The molecule has 25 heavy (non-hydrogen) atoms. The van der Waals surface area contributed by atoms with Crippen molar-refractivity contribution in [1.82, 2.24) is 9.97 Å².